The van der Waals surface area contributed by atoms with Crippen LogP contribution in [0.3, 0.4) is 0 Å². The highest BCUT2D eigenvalue weighted by Crippen LogP contribution is 2.38. The number of aliphatic hydroxyl groups is 4. The third-order valence-corrected chi connectivity index (χ3v) is 8.40. The normalized spacial score (nSPS) is 32.1. The van der Waals surface area contributed by atoms with Crippen molar-refractivity contribution in [1.29, 1.82) is 0 Å². The maximum absolute atomic E-state index is 13.2. The Labute approximate surface area is 276 Å². The summed E-state index contributed by atoms with van der Waals surface area (Å²) in [6.45, 7) is 11.4. The fourth-order valence-corrected chi connectivity index (χ4v) is 4.76. The lowest BCUT2D eigenvalue weighted by Crippen LogP contribution is -2.65. The van der Waals surface area contributed by atoms with E-state index in [1.807, 2.05) is 13.8 Å². The lowest BCUT2D eigenvalue weighted by Gasteiger charge is -2.46. The Morgan fingerprint density at radius 3 is 1.83 bits per heavy atom. The molecule has 2 saturated heterocycles. The second kappa shape index (κ2) is 18.4. The number of hydrogen-bond donors (Lipinski definition) is 4. The van der Waals surface area contributed by atoms with E-state index in [0.29, 0.717) is 19.3 Å². The van der Waals surface area contributed by atoms with Gasteiger partial charge in [0.15, 0.2) is 18.3 Å². The first kappa shape index (κ1) is 40.8. The molecule has 15 heteroatoms. The second-order valence-electron chi connectivity index (χ2n) is 13.0. The number of carbonyl (C=O) groups is 4. The lowest BCUT2D eigenvalue weighted by atomic mass is 9.96. The van der Waals surface area contributed by atoms with Gasteiger partial charge in [-0.1, -0.05) is 55.4 Å². The van der Waals surface area contributed by atoms with E-state index in [2.05, 4.69) is 0 Å². The standard InChI is InChI=1S/C32H54O15/c1-9-18(7)29(39)44-24-21(14-41-28(38)17(5)6)42-31(47-32(15-34)27(37)23(36)20(13-33)46-32)26(45-30(40)19(8)10-2)25(24)43-22(35)12-11-16(3)4/h16-21,23-27,31,33-34,36-37H,9-15H2,1-8H3/t18?,19?,20-,21-,23-,24-,25+,26-,27+,31-,32+/m1/s1. The van der Waals surface area contributed by atoms with Crippen LogP contribution in [0.2, 0.25) is 0 Å². The van der Waals surface area contributed by atoms with E-state index < -0.39 is 116 Å². The minimum Gasteiger partial charge on any atom is -0.463 e. The number of esters is 4. The predicted molar refractivity (Wildman–Crippen MR) is 162 cm³/mol. The van der Waals surface area contributed by atoms with Gasteiger partial charge in [-0.05, 0) is 25.2 Å². The van der Waals surface area contributed by atoms with E-state index in [1.54, 1.807) is 41.5 Å². The SMILES string of the molecule is CCC(C)C(=O)O[C@H]1[C@@H](O[C@]2(CO)O[C@H](CO)[C@@H](O)[C@@H]2O)O[C@H](COC(=O)C(C)C)[C@@H](OC(=O)C(C)CC)[C@@H]1OC(=O)CCC(C)C. The molecular weight excluding hydrogens is 624 g/mol. The van der Waals surface area contributed by atoms with Crippen molar-refractivity contribution in [2.24, 2.45) is 23.7 Å². The quantitative estimate of drug-likeness (QED) is 0.125. The molecule has 2 unspecified atom stereocenters. The molecular formula is C32H54O15. The molecule has 11 atom stereocenters. The van der Waals surface area contributed by atoms with Crippen LogP contribution in [0.25, 0.3) is 0 Å². The summed E-state index contributed by atoms with van der Waals surface area (Å²) in [5, 5.41) is 41.4. The van der Waals surface area contributed by atoms with Crippen LogP contribution in [0.4, 0.5) is 0 Å². The van der Waals surface area contributed by atoms with Crippen molar-refractivity contribution < 1.29 is 72.8 Å². The number of aliphatic hydroxyl groups excluding tert-OH is 4. The molecule has 0 aliphatic carbocycles. The summed E-state index contributed by atoms with van der Waals surface area (Å²) in [7, 11) is 0. The number of rotatable bonds is 17. The molecule has 2 aliphatic heterocycles. The van der Waals surface area contributed by atoms with Gasteiger partial charge in [0.05, 0.1) is 24.4 Å². The minimum atomic E-state index is -2.41. The first-order chi connectivity index (χ1) is 22.0. The van der Waals surface area contributed by atoms with Crippen molar-refractivity contribution in [1.82, 2.24) is 0 Å². The summed E-state index contributed by atoms with van der Waals surface area (Å²) in [6.07, 6.45) is -11.8. The highest BCUT2D eigenvalue weighted by Gasteiger charge is 2.61. The molecule has 2 fully saturated rings. The van der Waals surface area contributed by atoms with Crippen molar-refractivity contribution in [2.75, 3.05) is 19.8 Å². The lowest BCUT2D eigenvalue weighted by molar-refractivity contribution is -0.384. The summed E-state index contributed by atoms with van der Waals surface area (Å²) in [6, 6.07) is 0. The molecule has 0 bridgehead atoms. The van der Waals surface area contributed by atoms with Crippen LogP contribution in [-0.2, 0) is 52.3 Å². The van der Waals surface area contributed by atoms with Crippen molar-refractivity contribution in [3.05, 3.63) is 0 Å². The summed E-state index contributed by atoms with van der Waals surface area (Å²) in [4.78, 5) is 52.1. The Hall–Kier alpha value is -2.40. The van der Waals surface area contributed by atoms with Gasteiger partial charge < -0.3 is 53.6 Å². The van der Waals surface area contributed by atoms with Crippen LogP contribution < -0.4 is 0 Å². The van der Waals surface area contributed by atoms with Gasteiger partial charge in [-0.3, -0.25) is 19.2 Å². The Morgan fingerprint density at radius 2 is 1.36 bits per heavy atom. The molecule has 272 valence electrons. The molecule has 2 rings (SSSR count). The van der Waals surface area contributed by atoms with Crippen LogP contribution in [0.15, 0.2) is 0 Å². The molecule has 47 heavy (non-hydrogen) atoms. The van der Waals surface area contributed by atoms with E-state index in [4.69, 9.17) is 33.2 Å². The van der Waals surface area contributed by atoms with Gasteiger partial charge >= 0.3 is 23.9 Å². The zero-order valence-electron chi connectivity index (χ0n) is 28.7. The zero-order valence-corrected chi connectivity index (χ0v) is 28.7. The molecule has 2 heterocycles. The predicted octanol–water partition coefficient (Wildman–Crippen LogP) is 0.992. The fourth-order valence-electron chi connectivity index (χ4n) is 4.76. The van der Waals surface area contributed by atoms with Crippen LogP contribution in [0.1, 0.15) is 81.1 Å². The summed E-state index contributed by atoms with van der Waals surface area (Å²) >= 11 is 0. The van der Waals surface area contributed by atoms with Gasteiger partial charge in [0.25, 0.3) is 0 Å². The largest absolute Gasteiger partial charge is 0.463 e. The van der Waals surface area contributed by atoms with Crippen molar-refractivity contribution >= 4 is 23.9 Å². The van der Waals surface area contributed by atoms with Crippen LogP contribution >= 0.6 is 0 Å². The first-order valence-corrected chi connectivity index (χ1v) is 16.4. The topological polar surface area (TPSA) is 214 Å². The molecule has 0 aromatic carbocycles. The zero-order chi connectivity index (χ0) is 35.6. The summed E-state index contributed by atoms with van der Waals surface area (Å²) < 4.78 is 40.7. The average Bonchev–Trinajstić information content (AvgIpc) is 3.28. The molecule has 2 aliphatic rings. The Balaban J connectivity index is 2.70. The summed E-state index contributed by atoms with van der Waals surface area (Å²) in [5.41, 5.74) is 0. The van der Waals surface area contributed by atoms with E-state index in [-0.39, 0.29) is 12.3 Å². The van der Waals surface area contributed by atoms with Crippen molar-refractivity contribution in [2.45, 2.75) is 136 Å². The molecule has 4 N–H and O–H groups in total. The van der Waals surface area contributed by atoms with E-state index in [0.717, 1.165) is 0 Å². The van der Waals surface area contributed by atoms with Gasteiger partial charge in [-0.15, -0.1) is 0 Å². The van der Waals surface area contributed by atoms with Gasteiger partial charge in [0.2, 0.25) is 12.1 Å². The fraction of sp³-hybridized carbons (Fsp3) is 0.875. The molecule has 15 nitrogen and oxygen atoms in total. The van der Waals surface area contributed by atoms with Gasteiger partial charge in [0, 0.05) is 6.42 Å². The number of ether oxygens (including phenoxy) is 7. The molecule has 0 aromatic rings. The first-order valence-electron chi connectivity index (χ1n) is 16.4. The Bertz CT molecular complexity index is 1030. The molecule has 0 amide bonds. The number of carbonyl (C=O) groups excluding carboxylic acids is 4. The third-order valence-electron chi connectivity index (χ3n) is 8.40. The van der Waals surface area contributed by atoms with Crippen LogP contribution in [-0.4, -0.2) is 119 Å². The molecule has 0 spiro atoms. The Kier molecular flexibility index (Phi) is 16.0. The summed E-state index contributed by atoms with van der Waals surface area (Å²) in [5.74, 6) is -6.87. The molecule has 0 radical (unpaired) electrons. The Morgan fingerprint density at radius 1 is 0.787 bits per heavy atom. The van der Waals surface area contributed by atoms with Gasteiger partial charge in [-0.2, -0.15) is 0 Å². The van der Waals surface area contributed by atoms with Crippen molar-refractivity contribution in [3.8, 4) is 0 Å². The maximum Gasteiger partial charge on any atom is 0.309 e. The van der Waals surface area contributed by atoms with Crippen molar-refractivity contribution in [3.63, 3.8) is 0 Å². The third kappa shape index (κ3) is 10.5. The maximum atomic E-state index is 13.2. The van der Waals surface area contributed by atoms with Crippen LogP contribution in [0.5, 0.6) is 0 Å². The second-order valence-corrected chi connectivity index (χ2v) is 13.0. The van der Waals surface area contributed by atoms with Gasteiger partial charge in [-0.25, -0.2) is 0 Å². The van der Waals surface area contributed by atoms with Crippen LogP contribution in [0, 0.1) is 23.7 Å². The minimum absolute atomic E-state index is 0.0433. The highest BCUT2D eigenvalue weighted by molar-refractivity contribution is 5.74. The van der Waals surface area contributed by atoms with E-state index in [9.17, 15) is 39.6 Å². The monoisotopic (exact) mass is 678 g/mol. The smallest absolute Gasteiger partial charge is 0.309 e. The molecule has 0 aromatic heterocycles. The van der Waals surface area contributed by atoms with Gasteiger partial charge in [0.1, 0.15) is 37.6 Å². The number of hydrogen-bond acceptors (Lipinski definition) is 15. The average molecular weight is 679 g/mol. The van der Waals surface area contributed by atoms with E-state index >= 15 is 0 Å². The molecule has 0 saturated carbocycles. The van der Waals surface area contributed by atoms with E-state index in [1.165, 1.54) is 0 Å². The highest BCUT2D eigenvalue weighted by atomic mass is 16.8.